The highest BCUT2D eigenvalue weighted by Crippen LogP contribution is 2.21. The Balaban J connectivity index is 2.98. The van der Waals surface area contributed by atoms with Crippen molar-refractivity contribution >= 4 is 50.6 Å². The van der Waals surface area contributed by atoms with Gasteiger partial charge in [0.15, 0.2) is 0 Å². The van der Waals surface area contributed by atoms with Gasteiger partial charge in [0.1, 0.15) is 17.2 Å². The molecule has 7 heteroatoms. The van der Waals surface area contributed by atoms with E-state index in [-0.39, 0.29) is 0 Å². The molecule has 1 aromatic rings. The number of ether oxygens (including phenoxy) is 2. The van der Waals surface area contributed by atoms with Gasteiger partial charge in [-0.25, -0.2) is 9.59 Å². The Labute approximate surface area is 171 Å². The van der Waals surface area contributed by atoms with Gasteiger partial charge in [0.05, 0.1) is 0 Å². The van der Waals surface area contributed by atoms with Crippen LogP contribution in [0, 0.1) is 3.57 Å². The van der Waals surface area contributed by atoms with Crippen LogP contribution in [0.25, 0.3) is 0 Å². The molecule has 0 radical (unpaired) electrons. The first-order chi connectivity index (χ1) is 11.3. The largest absolute Gasteiger partial charge is 0.458 e. The SMILES string of the molecule is CC(C)(C)OC(=O)NC(Cc1ccc(Br)cc1I)C(=O)OC(C)(C)C. The number of carbonyl (C=O) groups is 2. The molecule has 1 rings (SSSR count). The molecule has 0 saturated carbocycles. The number of esters is 1. The Morgan fingerprint density at radius 1 is 1.12 bits per heavy atom. The van der Waals surface area contributed by atoms with Crippen LogP contribution in [0.5, 0.6) is 0 Å². The van der Waals surface area contributed by atoms with E-state index in [1.54, 1.807) is 41.5 Å². The molecule has 0 aromatic heterocycles. The van der Waals surface area contributed by atoms with E-state index >= 15 is 0 Å². The number of alkyl carbamates (subject to hydrolysis) is 1. The number of carbonyl (C=O) groups excluding carboxylic acids is 2. The van der Waals surface area contributed by atoms with Gasteiger partial charge in [-0.1, -0.05) is 22.0 Å². The molecule has 140 valence electrons. The van der Waals surface area contributed by atoms with Crippen LogP contribution >= 0.6 is 38.5 Å². The highest BCUT2D eigenvalue weighted by molar-refractivity contribution is 14.1. The van der Waals surface area contributed by atoms with E-state index in [0.29, 0.717) is 6.42 Å². The van der Waals surface area contributed by atoms with E-state index in [4.69, 9.17) is 9.47 Å². The van der Waals surface area contributed by atoms with E-state index < -0.39 is 29.3 Å². The van der Waals surface area contributed by atoms with Crippen LogP contribution in [0.15, 0.2) is 22.7 Å². The molecule has 0 aliphatic rings. The molecule has 0 spiro atoms. The standard InChI is InChI=1S/C18H25BrINO4/c1-17(2,3)24-15(22)14(21-16(23)25-18(4,5)6)9-11-7-8-12(19)10-13(11)20/h7-8,10,14H,9H2,1-6H3,(H,21,23). The van der Waals surface area contributed by atoms with Gasteiger partial charge in [-0.2, -0.15) is 0 Å². The number of rotatable bonds is 4. The smallest absolute Gasteiger partial charge is 0.408 e. The minimum Gasteiger partial charge on any atom is -0.458 e. The van der Waals surface area contributed by atoms with Gasteiger partial charge in [0, 0.05) is 14.5 Å². The van der Waals surface area contributed by atoms with Gasteiger partial charge >= 0.3 is 12.1 Å². The highest BCUT2D eigenvalue weighted by Gasteiger charge is 2.29. The molecule has 0 aliphatic carbocycles. The maximum absolute atomic E-state index is 12.5. The molecule has 5 nitrogen and oxygen atoms in total. The van der Waals surface area contributed by atoms with Crippen LogP contribution in [-0.2, 0) is 20.7 Å². The Kier molecular flexibility index (Phi) is 7.73. The quantitative estimate of drug-likeness (QED) is 0.451. The summed E-state index contributed by atoms with van der Waals surface area (Å²) in [4.78, 5) is 24.7. The zero-order valence-corrected chi connectivity index (χ0v) is 19.1. The summed E-state index contributed by atoms with van der Waals surface area (Å²) >= 11 is 5.62. The lowest BCUT2D eigenvalue weighted by Crippen LogP contribution is -2.47. The third kappa shape index (κ3) is 8.89. The van der Waals surface area contributed by atoms with Crippen LogP contribution in [0.1, 0.15) is 47.1 Å². The predicted molar refractivity (Wildman–Crippen MR) is 110 cm³/mol. The molecule has 25 heavy (non-hydrogen) atoms. The van der Waals surface area contributed by atoms with Gasteiger partial charge in [-0.15, -0.1) is 0 Å². The number of amides is 1. The number of benzene rings is 1. The van der Waals surface area contributed by atoms with Gasteiger partial charge in [-0.3, -0.25) is 0 Å². The molecule has 0 bridgehead atoms. The number of hydrogen-bond acceptors (Lipinski definition) is 4. The van der Waals surface area contributed by atoms with E-state index in [2.05, 4.69) is 43.8 Å². The Morgan fingerprint density at radius 3 is 2.16 bits per heavy atom. The zero-order valence-electron chi connectivity index (χ0n) is 15.4. The van der Waals surface area contributed by atoms with E-state index in [1.807, 2.05) is 18.2 Å². The fourth-order valence-corrected chi connectivity index (χ4v) is 3.45. The minimum absolute atomic E-state index is 0.319. The molecule has 0 fully saturated rings. The highest BCUT2D eigenvalue weighted by atomic mass is 127. The molecule has 1 aromatic carbocycles. The molecule has 0 saturated heterocycles. The van der Waals surface area contributed by atoms with Gasteiger partial charge in [0.2, 0.25) is 0 Å². The summed E-state index contributed by atoms with van der Waals surface area (Å²) in [6, 6.07) is 4.94. The lowest BCUT2D eigenvalue weighted by atomic mass is 10.1. The first-order valence-corrected chi connectivity index (χ1v) is 9.80. The normalized spacial score (nSPS) is 13.1. The average Bonchev–Trinajstić information content (AvgIpc) is 2.36. The third-order valence-corrected chi connectivity index (χ3v) is 4.32. The maximum Gasteiger partial charge on any atom is 0.408 e. The molecule has 0 heterocycles. The molecule has 1 atom stereocenters. The van der Waals surface area contributed by atoms with E-state index in [1.165, 1.54) is 0 Å². The van der Waals surface area contributed by atoms with Crippen molar-refractivity contribution in [2.75, 3.05) is 0 Å². The van der Waals surface area contributed by atoms with Gasteiger partial charge < -0.3 is 14.8 Å². The molecular formula is C18H25BrINO4. The Morgan fingerprint density at radius 2 is 1.68 bits per heavy atom. The monoisotopic (exact) mass is 525 g/mol. The Bertz CT molecular complexity index is 635. The van der Waals surface area contributed by atoms with Crippen LogP contribution in [0.2, 0.25) is 0 Å². The van der Waals surface area contributed by atoms with Crippen molar-refractivity contribution in [1.82, 2.24) is 5.32 Å². The zero-order chi connectivity index (χ0) is 19.4. The summed E-state index contributed by atoms with van der Waals surface area (Å²) in [5.74, 6) is -0.489. The number of halogens is 2. The summed E-state index contributed by atoms with van der Waals surface area (Å²) in [5, 5.41) is 2.64. The lowest BCUT2D eigenvalue weighted by molar-refractivity contribution is -0.157. The number of hydrogen-bond donors (Lipinski definition) is 1. The molecule has 1 unspecified atom stereocenters. The van der Waals surface area contributed by atoms with Crippen molar-refractivity contribution in [2.45, 2.75) is 65.2 Å². The number of nitrogens with one attached hydrogen (secondary N) is 1. The van der Waals surface area contributed by atoms with Crippen molar-refractivity contribution in [1.29, 1.82) is 0 Å². The van der Waals surface area contributed by atoms with Crippen LogP contribution in [0.3, 0.4) is 0 Å². The van der Waals surface area contributed by atoms with Crippen LogP contribution in [-0.4, -0.2) is 29.3 Å². The van der Waals surface area contributed by atoms with Crippen LogP contribution in [0.4, 0.5) is 4.79 Å². The summed E-state index contributed by atoms with van der Waals surface area (Å²) in [6.45, 7) is 10.7. The summed E-state index contributed by atoms with van der Waals surface area (Å²) in [5.41, 5.74) is -0.345. The van der Waals surface area contributed by atoms with Crippen LogP contribution < -0.4 is 5.32 Å². The molecule has 1 N–H and O–H groups in total. The van der Waals surface area contributed by atoms with Crippen molar-refractivity contribution in [3.8, 4) is 0 Å². The Hall–Kier alpha value is -0.830. The first-order valence-electron chi connectivity index (χ1n) is 7.93. The van der Waals surface area contributed by atoms with Crippen molar-refractivity contribution in [3.63, 3.8) is 0 Å². The summed E-state index contributed by atoms with van der Waals surface area (Å²) in [6.07, 6.45) is -0.324. The average molecular weight is 526 g/mol. The van der Waals surface area contributed by atoms with Gasteiger partial charge in [0.25, 0.3) is 0 Å². The van der Waals surface area contributed by atoms with Crippen molar-refractivity contribution in [3.05, 3.63) is 31.8 Å². The summed E-state index contributed by atoms with van der Waals surface area (Å²) < 4.78 is 12.7. The second kappa shape index (κ2) is 8.70. The minimum atomic E-state index is -0.830. The summed E-state index contributed by atoms with van der Waals surface area (Å²) in [7, 11) is 0. The topological polar surface area (TPSA) is 64.6 Å². The molecule has 1 amide bonds. The molecule has 0 aliphatic heterocycles. The van der Waals surface area contributed by atoms with Crippen molar-refractivity contribution < 1.29 is 19.1 Å². The first kappa shape index (κ1) is 22.2. The fraction of sp³-hybridized carbons (Fsp3) is 0.556. The lowest BCUT2D eigenvalue weighted by Gasteiger charge is -2.26. The second-order valence-electron chi connectivity index (χ2n) is 7.67. The van der Waals surface area contributed by atoms with E-state index in [9.17, 15) is 9.59 Å². The maximum atomic E-state index is 12.5. The van der Waals surface area contributed by atoms with E-state index in [0.717, 1.165) is 13.6 Å². The van der Waals surface area contributed by atoms with Crippen molar-refractivity contribution in [2.24, 2.45) is 0 Å². The third-order valence-electron chi connectivity index (χ3n) is 2.82. The molecular weight excluding hydrogens is 501 g/mol. The van der Waals surface area contributed by atoms with Gasteiger partial charge in [-0.05, 0) is 81.8 Å². The second-order valence-corrected chi connectivity index (χ2v) is 9.75. The predicted octanol–water partition coefficient (Wildman–Crippen LogP) is 4.83. The fourth-order valence-electron chi connectivity index (χ4n) is 1.92.